The largest absolute Gasteiger partial charge is 0.466 e. The SMILES string of the molecule is CCOC(=O)C1CCN(C(=O)C(C)OC(=O)c2cc(-c3cccs3)nc3ccccc23)CC1. The number of ether oxygens (including phenoxy) is 2. The Morgan fingerprint density at radius 2 is 1.91 bits per heavy atom. The maximum absolute atomic E-state index is 13.1. The van der Waals surface area contributed by atoms with E-state index in [4.69, 9.17) is 9.47 Å². The molecule has 2 aromatic heterocycles. The zero-order valence-electron chi connectivity index (χ0n) is 18.7. The molecule has 33 heavy (non-hydrogen) atoms. The number of benzene rings is 1. The number of esters is 2. The van der Waals surface area contributed by atoms with Gasteiger partial charge in [-0.15, -0.1) is 11.3 Å². The van der Waals surface area contributed by atoms with E-state index in [1.165, 1.54) is 11.3 Å². The Kier molecular flexibility index (Phi) is 7.03. The van der Waals surface area contributed by atoms with Crippen LogP contribution in [-0.4, -0.2) is 53.5 Å². The summed E-state index contributed by atoms with van der Waals surface area (Å²) in [6.45, 7) is 4.59. The summed E-state index contributed by atoms with van der Waals surface area (Å²) in [6, 6.07) is 13.0. The van der Waals surface area contributed by atoms with Crippen LogP contribution < -0.4 is 0 Å². The van der Waals surface area contributed by atoms with Crippen molar-refractivity contribution in [2.75, 3.05) is 19.7 Å². The fourth-order valence-corrected chi connectivity index (χ4v) is 4.71. The van der Waals surface area contributed by atoms with Crippen molar-refractivity contribution in [1.82, 2.24) is 9.88 Å². The highest BCUT2D eigenvalue weighted by molar-refractivity contribution is 7.13. The molecule has 0 bridgehead atoms. The number of nitrogens with zero attached hydrogens (tertiary/aromatic N) is 2. The maximum atomic E-state index is 13.1. The number of hydrogen-bond donors (Lipinski definition) is 0. The smallest absolute Gasteiger partial charge is 0.339 e. The summed E-state index contributed by atoms with van der Waals surface area (Å²) < 4.78 is 10.7. The number of likely N-dealkylation sites (tertiary alicyclic amines) is 1. The van der Waals surface area contributed by atoms with Crippen LogP contribution in [-0.2, 0) is 19.1 Å². The van der Waals surface area contributed by atoms with Crippen molar-refractivity contribution >= 4 is 40.1 Å². The van der Waals surface area contributed by atoms with Crippen molar-refractivity contribution in [2.24, 2.45) is 5.92 Å². The van der Waals surface area contributed by atoms with Crippen LogP contribution in [0.2, 0.25) is 0 Å². The number of thiophene rings is 1. The van der Waals surface area contributed by atoms with Crippen LogP contribution in [0, 0.1) is 5.92 Å². The molecule has 1 unspecified atom stereocenters. The minimum absolute atomic E-state index is 0.189. The number of carbonyl (C=O) groups is 3. The molecule has 1 aliphatic heterocycles. The van der Waals surface area contributed by atoms with Crippen LogP contribution >= 0.6 is 11.3 Å². The normalized spacial score (nSPS) is 15.3. The number of carbonyl (C=O) groups excluding carboxylic acids is 3. The van der Waals surface area contributed by atoms with Crippen molar-refractivity contribution in [2.45, 2.75) is 32.8 Å². The molecule has 1 aromatic carbocycles. The standard InChI is InChI=1S/C25H26N2O5S/c1-3-31-24(29)17-10-12-27(13-11-17)23(28)16(2)32-25(30)19-15-21(22-9-6-14-33-22)26-20-8-5-4-7-18(19)20/h4-9,14-17H,3,10-13H2,1-2H3. The molecule has 4 rings (SSSR count). The van der Waals surface area contributed by atoms with Gasteiger partial charge in [0.25, 0.3) is 5.91 Å². The summed E-state index contributed by atoms with van der Waals surface area (Å²) in [6.07, 6.45) is 0.156. The van der Waals surface area contributed by atoms with Crippen molar-refractivity contribution in [3.63, 3.8) is 0 Å². The van der Waals surface area contributed by atoms with E-state index >= 15 is 0 Å². The highest BCUT2D eigenvalue weighted by Gasteiger charge is 2.31. The van der Waals surface area contributed by atoms with E-state index in [9.17, 15) is 14.4 Å². The molecule has 1 amide bonds. The molecule has 0 saturated carbocycles. The molecule has 1 saturated heterocycles. The third kappa shape index (κ3) is 5.06. The molecule has 172 valence electrons. The van der Waals surface area contributed by atoms with Crippen LogP contribution in [0.25, 0.3) is 21.5 Å². The molecular weight excluding hydrogens is 440 g/mol. The molecule has 8 heteroatoms. The number of fused-ring (bicyclic) bond motifs is 1. The Balaban J connectivity index is 1.47. The van der Waals surface area contributed by atoms with Gasteiger partial charge in [0, 0.05) is 18.5 Å². The van der Waals surface area contributed by atoms with Gasteiger partial charge in [0.15, 0.2) is 6.10 Å². The fourth-order valence-electron chi connectivity index (χ4n) is 4.02. The first kappa shape index (κ1) is 22.9. The minimum Gasteiger partial charge on any atom is -0.466 e. The van der Waals surface area contributed by atoms with Crippen LogP contribution in [0.15, 0.2) is 47.8 Å². The van der Waals surface area contributed by atoms with E-state index in [1.54, 1.807) is 24.8 Å². The Labute approximate surface area is 196 Å². The van der Waals surface area contributed by atoms with Crippen molar-refractivity contribution in [3.05, 3.63) is 53.4 Å². The molecule has 0 spiro atoms. The molecule has 7 nitrogen and oxygen atoms in total. The molecule has 3 heterocycles. The number of amides is 1. The number of aromatic nitrogens is 1. The minimum atomic E-state index is -0.936. The average molecular weight is 467 g/mol. The van der Waals surface area contributed by atoms with Gasteiger partial charge in [-0.2, -0.15) is 0 Å². The molecule has 0 radical (unpaired) electrons. The highest BCUT2D eigenvalue weighted by atomic mass is 32.1. The summed E-state index contributed by atoms with van der Waals surface area (Å²) in [5.74, 6) is -1.22. The van der Waals surface area contributed by atoms with E-state index in [1.807, 2.05) is 41.8 Å². The van der Waals surface area contributed by atoms with E-state index in [-0.39, 0.29) is 17.8 Å². The quantitative estimate of drug-likeness (QED) is 0.503. The average Bonchev–Trinajstić information content (AvgIpc) is 3.38. The summed E-state index contributed by atoms with van der Waals surface area (Å²) in [7, 11) is 0. The first-order valence-corrected chi connectivity index (χ1v) is 12.0. The van der Waals surface area contributed by atoms with Gasteiger partial charge in [-0.05, 0) is 50.3 Å². The monoisotopic (exact) mass is 466 g/mol. The molecule has 1 fully saturated rings. The third-order valence-electron chi connectivity index (χ3n) is 5.77. The van der Waals surface area contributed by atoms with Gasteiger partial charge >= 0.3 is 11.9 Å². The first-order valence-electron chi connectivity index (χ1n) is 11.1. The molecule has 1 aliphatic rings. The van der Waals surface area contributed by atoms with E-state index < -0.39 is 12.1 Å². The third-order valence-corrected chi connectivity index (χ3v) is 6.66. The van der Waals surface area contributed by atoms with Gasteiger partial charge in [0.05, 0.1) is 34.2 Å². The lowest BCUT2D eigenvalue weighted by Gasteiger charge is -2.32. The maximum Gasteiger partial charge on any atom is 0.339 e. The van der Waals surface area contributed by atoms with Gasteiger partial charge < -0.3 is 14.4 Å². The molecule has 0 N–H and O–H groups in total. The summed E-state index contributed by atoms with van der Waals surface area (Å²) in [5.41, 5.74) is 1.76. The Morgan fingerprint density at radius 3 is 2.61 bits per heavy atom. The molecule has 0 aliphatic carbocycles. The summed E-state index contributed by atoms with van der Waals surface area (Å²) >= 11 is 1.54. The molecule has 1 atom stereocenters. The van der Waals surface area contributed by atoms with Crippen LogP contribution in [0.3, 0.4) is 0 Å². The lowest BCUT2D eigenvalue weighted by Crippen LogP contribution is -2.45. The van der Waals surface area contributed by atoms with Crippen molar-refractivity contribution in [1.29, 1.82) is 0 Å². The number of pyridine rings is 1. The predicted octanol–water partition coefficient (Wildman–Crippen LogP) is 4.31. The highest BCUT2D eigenvalue weighted by Crippen LogP contribution is 2.28. The Bertz CT molecular complexity index is 1150. The van der Waals surface area contributed by atoms with Gasteiger partial charge in [-0.3, -0.25) is 9.59 Å². The fraction of sp³-hybridized carbons (Fsp3) is 0.360. The second-order valence-corrected chi connectivity index (χ2v) is 8.90. The van der Waals surface area contributed by atoms with E-state index in [2.05, 4.69) is 4.98 Å². The van der Waals surface area contributed by atoms with Gasteiger partial charge in [-0.25, -0.2) is 9.78 Å². The molecular formula is C25H26N2O5S. The zero-order valence-corrected chi connectivity index (χ0v) is 19.5. The lowest BCUT2D eigenvalue weighted by atomic mass is 9.96. The summed E-state index contributed by atoms with van der Waals surface area (Å²) in [5, 5.41) is 2.63. The van der Waals surface area contributed by atoms with Gasteiger partial charge in [-0.1, -0.05) is 24.3 Å². The first-order chi connectivity index (χ1) is 16.0. The van der Waals surface area contributed by atoms with Crippen LogP contribution in [0.4, 0.5) is 0 Å². The van der Waals surface area contributed by atoms with E-state index in [0.717, 1.165) is 4.88 Å². The van der Waals surface area contributed by atoms with Crippen molar-refractivity contribution < 1.29 is 23.9 Å². The van der Waals surface area contributed by atoms with Crippen molar-refractivity contribution in [3.8, 4) is 10.6 Å². The molecule has 3 aromatic rings. The second kappa shape index (κ2) is 10.1. The zero-order chi connectivity index (χ0) is 23.4. The topological polar surface area (TPSA) is 85.8 Å². The lowest BCUT2D eigenvalue weighted by molar-refractivity contribution is -0.152. The number of rotatable bonds is 6. The second-order valence-electron chi connectivity index (χ2n) is 7.95. The Hall–Kier alpha value is -3.26. The number of para-hydroxylation sites is 1. The number of piperidine rings is 1. The van der Waals surface area contributed by atoms with E-state index in [0.29, 0.717) is 54.7 Å². The van der Waals surface area contributed by atoms with Gasteiger partial charge in [0.2, 0.25) is 0 Å². The van der Waals surface area contributed by atoms with Crippen LogP contribution in [0.1, 0.15) is 37.0 Å². The predicted molar refractivity (Wildman–Crippen MR) is 126 cm³/mol. The van der Waals surface area contributed by atoms with Gasteiger partial charge in [0.1, 0.15) is 0 Å². The Morgan fingerprint density at radius 1 is 1.15 bits per heavy atom. The van der Waals surface area contributed by atoms with Crippen LogP contribution in [0.5, 0.6) is 0 Å². The number of hydrogen-bond acceptors (Lipinski definition) is 7. The summed E-state index contributed by atoms with van der Waals surface area (Å²) in [4.78, 5) is 45.2.